The number of primary sulfonamides is 1. The molecule has 0 saturated carbocycles. The van der Waals surface area contributed by atoms with Crippen LogP contribution in [0.3, 0.4) is 0 Å². The second-order valence-electron chi connectivity index (χ2n) is 7.32. The molecule has 31 heavy (non-hydrogen) atoms. The fourth-order valence-electron chi connectivity index (χ4n) is 3.25. The number of alkyl halides is 3. The van der Waals surface area contributed by atoms with Gasteiger partial charge in [-0.2, -0.15) is 17.5 Å². The van der Waals surface area contributed by atoms with Crippen molar-refractivity contribution in [3.63, 3.8) is 0 Å². The molecule has 3 rings (SSSR count). The monoisotopic (exact) mass is 477 g/mol. The van der Waals surface area contributed by atoms with Crippen LogP contribution in [-0.4, -0.2) is 51.6 Å². The molecule has 1 aliphatic heterocycles. The van der Waals surface area contributed by atoms with Crippen molar-refractivity contribution >= 4 is 20.0 Å². The number of nitrogens with two attached hydrogens (primary N) is 1. The highest BCUT2D eigenvalue weighted by Gasteiger charge is 2.31. The van der Waals surface area contributed by atoms with Crippen LogP contribution in [0.2, 0.25) is 0 Å². The lowest BCUT2D eigenvalue weighted by Gasteiger charge is -2.35. The molecule has 0 aliphatic carbocycles. The second kappa shape index (κ2) is 8.87. The van der Waals surface area contributed by atoms with E-state index < -0.39 is 31.8 Å². The Labute approximate surface area is 179 Å². The molecule has 12 heteroatoms. The Balaban J connectivity index is 1.62. The van der Waals surface area contributed by atoms with Crippen molar-refractivity contribution in [2.45, 2.75) is 24.0 Å². The predicted molar refractivity (Wildman–Crippen MR) is 109 cm³/mol. The smallest absolute Gasteiger partial charge is 0.284 e. The summed E-state index contributed by atoms with van der Waals surface area (Å²) in [4.78, 5) is 1.83. The van der Waals surface area contributed by atoms with Crippen LogP contribution in [0, 0.1) is 0 Å². The first-order valence-electron chi connectivity index (χ1n) is 9.33. The summed E-state index contributed by atoms with van der Waals surface area (Å²) in [6, 6.07) is 10.7. The summed E-state index contributed by atoms with van der Waals surface area (Å²) in [5.74, 6) is -0.0853. The minimum atomic E-state index is -4.40. The van der Waals surface area contributed by atoms with Crippen LogP contribution in [0.5, 0.6) is 0 Å². The standard InChI is InChI=1S/C19H22F3N3O4S2/c20-19(21,22)17-5-1-16(2-6-17)13-24-11-12-30(26,27)25(14-24)10-9-15-3-7-18(8-4-15)31(23,28)29/h1-8H,9-14H2,(H2,23,28,29). The summed E-state index contributed by atoms with van der Waals surface area (Å²) in [7, 11) is -7.25. The van der Waals surface area contributed by atoms with Gasteiger partial charge in [-0.25, -0.2) is 22.0 Å². The van der Waals surface area contributed by atoms with E-state index in [0.29, 0.717) is 18.5 Å². The molecule has 0 bridgehead atoms. The highest BCUT2D eigenvalue weighted by atomic mass is 32.2. The fraction of sp³-hybridized carbons (Fsp3) is 0.368. The van der Waals surface area contributed by atoms with E-state index in [4.69, 9.17) is 5.14 Å². The molecule has 2 N–H and O–H groups in total. The Bertz CT molecular complexity index is 1120. The lowest BCUT2D eigenvalue weighted by Crippen LogP contribution is -2.50. The Hall–Kier alpha value is -1.99. The van der Waals surface area contributed by atoms with Crippen LogP contribution in [0.1, 0.15) is 16.7 Å². The van der Waals surface area contributed by atoms with Gasteiger partial charge in [-0.3, -0.25) is 4.90 Å². The molecule has 7 nitrogen and oxygen atoms in total. The van der Waals surface area contributed by atoms with E-state index in [-0.39, 0.29) is 30.4 Å². The van der Waals surface area contributed by atoms with E-state index in [0.717, 1.165) is 17.7 Å². The Morgan fingerprint density at radius 3 is 2.10 bits per heavy atom. The molecule has 0 spiro atoms. The van der Waals surface area contributed by atoms with Crippen molar-refractivity contribution in [1.82, 2.24) is 9.21 Å². The van der Waals surface area contributed by atoms with Gasteiger partial charge in [0.25, 0.3) is 0 Å². The molecule has 0 aromatic heterocycles. The van der Waals surface area contributed by atoms with Gasteiger partial charge in [0, 0.05) is 19.6 Å². The van der Waals surface area contributed by atoms with Gasteiger partial charge in [0.05, 0.1) is 22.9 Å². The second-order valence-corrected chi connectivity index (χ2v) is 11.0. The summed E-state index contributed by atoms with van der Waals surface area (Å²) >= 11 is 0. The number of benzene rings is 2. The van der Waals surface area contributed by atoms with Crippen molar-refractivity contribution in [2.24, 2.45) is 5.14 Å². The Morgan fingerprint density at radius 2 is 1.55 bits per heavy atom. The van der Waals surface area contributed by atoms with Crippen LogP contribution in [-0.2, 0) is 39.2 Å². The minimum absolute atomic E-state index is 0.0236. The fourth-order valence-corrected chi connectivity index (χ4v) is 5.22. The average Bonchev–Trinajstić information content (AvgIpc) is 2.68. The molecular weight excluding hydrogens is 455 g/mol. The lowest BCUT2D eigenvalue weighted by molar-refractivity contribution is -0.137. The van der Waals surface area contributed by atoms with Crippen molar-refractivity contribution in [1.29, 1.82) is 0 Å². The van der Waals surface area contributed by atoms with E-state index in [2.05, 4.69) is 0 Å². The van der Waals surface area contributed by atoms with Gasteiger partial charge >= 0.3 is 6.18 Å². The third kappa shape index (κ3) is 6.26. The molecule has 2 aromatic rings. The van der Waals surface area contributed by atoms with Gasteiger partial charge in [0.2, 0.25) is 20.0 Å². The first-order valence-corrected chi connectivity index (χ1v) is 12.5. The highest BCUT2D eigenvalue weighted by molar-refractivity contribution is 7.89. The Kier molecular flexibility index (Phi) is 6.77. The van der Waals surface area contributed by atoms with Crippen molar-refractivity contribution < 1.29 is 30.0 Å². The maximum Gasteiger partial charge on any atom is 0.416 e. The summed E-state index contributed by atoms with van der Waals surface area (Å²) < 4.78 is 86.9. The van der Waals surface area contributed by atoms with Crippen LogP contribution >= 0.6 is 0 Å². The van der Waals surface area contributed by atoms with Gasteiger partial charge < -0.3 is 0 Å². The maximum atomic E-state index is 12.7. The minimum Gasteiger partial charge on any atom is -0.284 e. The third-order valence-electron chi connectivity index (χ3n) is 5.01. The maximum absolute atomic E-state index is 12.7. The Morgan fingerprint density at radius 1 is 0.968 bits per heavy atom. The van der Waals surface area contributed by atoms with E-state index in [1.165, 1.54) is 28.6 Å². The average molecular weight is 478 g/mol. The van der Waals surface area contributed by atoms with Crippen LogP contribution < -0.4 is 5.14 Å². The molecule has 1 aliphatic rings. The van der Waals surface area contributed by atoms with E-state index in [1.807, 2.05) is 4.90 Å². The largest absolute Gasteiger partial charge is 0.416 e. The normalized spacial score (nSPS) is 18.2. The van der Waals surface area contributed by atoms with E-state index in [9.17, 15) is 30.0 Å². The molecule has 0 unspecified atom stereocenters. The van der Waals surface area contributed by atoms with Crippen molar-refractivity contribution in [3.05, 3.63) is 65.2 Å². The zero-order chi connectivity index (χ0) is 22.9. The first-order chi connectivity index (χ1) is 14.3. The number of hydrogen-bond acceptors (Lipinski definition) is 5. The molecule has 0 radical (unpaired) electrons. The quantitative estimate of drug-likeness (QED) is 0.686. The molecular formula is C19H22F3N3O4S2. The van der Waals surface area contributed by atoms with Crippen molar-refractivity contribution in [3.8, 4) is 0 Å². The molecule has 1 heterocycles. The van der Waals surface area contributed by atoms with E-state index in [1.54, 1.807) is 12.1 Å². The summed E-state index contributed by atoms with van der Waals surface area (Å²) in [5.41, 5.74) is 0.681. The summed E-state index contributed by atoms with van der Waals surface area (Å²) in [6.45, 7) is 0.926. The molecule has 1 fully saturated rings. The molecule has 170 valence electrons. The van der Waals surface area contributed by atoms with Gasteiger partial charge in [0.15, 0.2) is 0 Å². The third-order valence-corrected chi connectivity index (χ3v) is 7.72. The van der Waals surface area contributed by atoms with Gasteiger partial charge in [-0.05, 0) is 41.8 Å². The zero-order valence-electron chi connectivity index (χ0n) is 16.4. The topological polar surface area (TPSA) is 101 Å². The van der Waals surface area contributed by atoms with Crippen LogP contribution in [0.4, 0.5) is 13.2 Å². The molecule has 1 saturated heterocycles. The van der Waals surface area contributed by atoms with Gasteiger partial charge in [-0.1, -0.05) is 24.3 Å². The molecule has 0 amide bonds. The predicted octanol–water partition coefficient (Wildman–Crippen LogP) is 2.00. The van der Waals surface area contributed by atoms with Gasteiger partial charge in [0.1, 0.15) is 0 Å². The SMILES string of the molecule is NS(=O)(=O)c1ccc(CCN2CN(Cc3ccc(C(F)(F)F)cc3)CCS2(=O)=O)cc1. The van der Waals surface area contributed by atoms with Crippen LogP contribution in [0.15, 0.2) is 53.4 Å². The number of nitrogens with zero attached hydrogens (tertiary/aromatic N) is 2. The zero-order valence-corrected chi connectivity index (χ0v) is 18.0. The van der Waals surface area contributed by atoms with Crippen molar-refractivity contribution in [2.75, 3.05) is 25.5 Å². The van der Waals surface area contributed by atoms with Gasteiger partial charge in [-0.15, -0.1) is 0 Å². The first kappa shape index (κ1) is 23.7. The number of hydrogen-bond donors (Lipinski definition) is 1. The summed E-state index contributed by atoms with van der Waals surface area (Å²) in [5, 5.41) is 5.06. The number of halogens is 3. The van der Waals surface area contributed by atoms with Crippen LogP contribution in [0.25, 0.3) is 0 Å². The highest BCUT2D eigenvalue weighted by Crippen LogP contribution is 2.29. The molecule has 0 atom stereocenters. The molecule has 2 aromatic carbocycles. The number of rotatable bonds is 6. The van der Waals surface area contributed by atoms with E-state index >= 15 is 0 Å². The lowest BCUT2D eigenvalue weighted by atomic mass is 10.1. The summed E-state index contributed by atoms with van der Waals surface area (Å²) in [6.07, 6.45) is -4.03. The number of sulfonamides is 2.